The van der Waals surface area contributed by atoms with Crippen LogP contribution in [0.15, 0.2) is 18.2 Å². The Morgan fingerprint density at radius 2 is 2.33 bits per heavy atom. The number of rotatable bonds is 4. The molecule has 2 N–H and O–H groups in total. The molecule has 5 heteroatoms. The number of nitrogens with zero attached hydrogens (tertiary/aromatic N) is 1. The number of aliphatic hydroxyl groups is 1. The van der Waals surface area contributed by atoms with Crippen molar-refractivity contribution >= 4 is 17.3 Å². The zero-order valence-electron chi connectivity index (χ0n) is 10.3. The third kappa shape index (κ3) is 2.61. The maximum atomic E-state index is 13.3. The van der Waals surface area contributed by atoms with Crippen LogP contribution in [0, 0.1) is 5.82 Å². The maximum absolute atomic E-state index is 13.3. The van der Waals surface area contributed by atoms with Gasteiger partial charge in [-0.25, -0.2) is 4.39 Å². The van der Waals surface area contributed by atoms with E-state index in [1.54, 1.807) is 6.07 Å². The Kier molecular flexibility index (Phi) is 3.81. The molecule has 98 valence electrons. The first kappa shape index (κ1) is 12.8. The average Bonchev–Trinajstić information content (AvgIpc) is 2.67. The Balaban J connectivity index is 2.29. The molecule has 1 aromatic carbocycles. The highest BCUT2D eigenvalue weighted by molar-refractivity contribution is 5.99. The summed E-state index contributed by atoms with van der Waals surface area (Å²) in [6.07, 6.45) is 0.372. The molecule has 0 bridgehead atoms. The topological polar surface area (TPSA) is 52.6 Å². The predicted molar refractivity (Wildman–Crippen MR) is 68.2 cm³/mol. The van der Waals surface area contributed by atoms with Gasteiger partial charge in [-0.15, -0.1) is 0 Å². The first-order chi connectivity index (χ1) is 8.61. The molecule has 1 aromatic rings. The Morgan fingerprint density at radius 3 is 2.94 bits per heavy atom. The molecule has 0 spiro atoms. The Labute approximate surface area is 105 Å². The smallest absolute Gasteiger partial charge is 0.229 e. The molecular weight excluding hydrogens is 235 g/mol. The average molecular weight is 252 g/mol. The molecule has 1 amide bonds. The Morgan fingerprint density at radius 1 is 1.56 bits per heavy atom. The summed E-state index contributed by atoms with van der Waals surface area (Å²) >= 11 is 0. The SMILES string of the molecule is CCCNc1ccc(F)cc1N1CC(O)CC1=O. The summed E-state index contributed by atoms with van der Waals surface area (Å²) in [6.45, 7) is 3.01. The maximum Gasteiger partial charge on any atom is 0.229 e. The van der Waals surface area contributed by atoms with Gasteiger partial charge in [0.25, 0.3) is 0 Å². The van der Waals surface area contributed by atoms with Gasteiger partial charge in [0.2, 0.25) is 5.91 Å². The first-order valence-electron chi connectivity index (χ1n) is 6.13. The molecule has 1 fully saturated rings. The van der Waals surface area contributed by atoms with Gasteiger partial charge in [0.1, 0.15) is 5.82 Å². The summed E-state index contributed by atoms with van der Waals surface area (Å²) < 4.78 is 13.3. The zero-order valence-corrected chi connectivity index (χ0v) is 10.3. The lowest BCUT2D eigenvalue weighted by Crippen LogP contribution is -2.26. The minimum absolute atomic E-state index is 0.101. The van der Waals surface area contributed by atoms with Gasteiger partial charge in [-0.05, 0) is 24.6 Å². The fourth-order valence-electron chi connectivity index (χ4n) is 2.06. The number of aliphatic hydroxyl groups excluding tert-OH is 1. The van der Waals surface area contributed by atoms with Crippen LogP contribution in [0.1, 0.15) is 19.8 Å². The quantitative estimate of drug-likeness (QED) is 0.858. The van der Waals surface area contributed by atoms with E-state index in [0.29, 0.717) is 5.69 Å². The van der Waals surface area contributed by atoms with Gasteiger partial charge >= 0.3 is 0 Å². The molecule has 1 unspecified atom stereocenters. The van der Waals surface area contributed by atoms with Crippen molar-refractivity contribution in [2.45, 2.75) is 25.9 Å². The van der Waals surface area contributed by atoms with Crippen molar-refractivity contribution in [1.29, 1.82) is 0 Å². The zero-order chi connectivity index (χ0) is 13.1. The lowest BCUT2D eigenvalue weighted by atomic mass is 10.2. The number of benzene rings is 1. The molecule has 1 atom stereocenters. The van der Waals surface area contributed by atoms with Gasteiger partial charge < -0.3 is 15.3 Å². The van der Waals surface area contributed by atoms with Crippen LogP contribution in [0.3, 0.4) is 0 Å². The third-order valence-corrected chi connectivity index (χ3v) is 2.92. The molecule has 1 aliphatic heterocycles. The third-order valence-electron chi connectivity index (χ3n) is 2.92. The summed E-state index contributed by atoms with van der Waals surface area (Å²) in [4.78, 5) is 13.2. The van der Waals surface area contributed by atoms with Crippen LogP contribution in [0.2, 0.25) is 0 Å². The molecule has 2 rings (SSSR count). The van der Waals surface area contributed by atoms with Gasteiger partial charge in [0.05, 0.1) is 30.4 Å². The number of halogens is 1. The van der Waals surface area contributed by atoms with Crippen LogP contribution in [0.5, 0.6) is 0 Å². The molecule has 1 aliphatic rings. The molecular formula is C13H17FN2O2. The number of β-amino-alcohol motifs (C(OH)–C–C–N with tert-alkyl or cyclic N) is 1. The number of amides is 1. The summed E-state index contributed by atoms with van der Waals surface area (Å²) in [5.74, 6) is -0.561. The van der Waals surface area contributed by atoms with Crippen molar-refractivity contribution in [2.24, 2.45) is 0 Å². The van der Waals surface area contributed by atoms with Crippen LogP contribution in [-0.4, -0.2) is 30.2 Å². The Bertz CT molecular complexity index is 451. The second kappa shape index (κ2) is 5.35. The first-order valence-corrected chi connectivity index (χ1v) is 6.13. The summed E-state index contributed by atoms with van der Waals surface area (Å²) in [5.41, 5.74) is 1.23. The normalized spacial score (nSPS) is 19.4. The van der Waals surface area contributed by atoms with Crippen molar-refractivity contribution in [2.75, 3.05) is 23.3 Å². The van der Waals surface area contributed by atoms with Crippen LogP contribution >= 0.6 is 0 Å². The number of anilines is 2. The van der Waals surface area contributed by atoms with E-state index in [0.717, 1.165) is 18.7 Å². The molecule has 0 saturated carbocycles. The van der Waals surface area contributed by atoms with Crippen molar-refractivity contribution < 1.29 is 14.3 Å². The fraction of sp³-hybridized carbons (Fsp3) is 0.462. The minimum atomic E-state index is -0.667. The lowest BCUT2D eigenvalue weighted by molar-refractivity contribution is -0.117. The highest BCUT2D eigenvalue weighted by atomic mass is 19.1. The number of hydrogen-bond donors (Lipinski definition) is 2. The molecule has 4 nitrogen and oxygen atoms in total. The van der Waals surface area contributed by atoms with Crippen molar-refractivity contribution in [3.8, 4) is 0 Å². The standard InChI is InChI=1S/C13H17FN2O2/c1-2-5-15-11-4-3-9(14)6-12(11)16-8-10(17)7-13(16)18/h3-4,6,10,15,17H,2,5,7-8H2,1H3. The lowest BCUT2D eigenvalue weighted by Gasteiger charge is -2.20. The second-order valence-electron chi connectivity index (χ2n) is 4.45. The summed E-state index contributed by atoms with van der Waals surface area (Å²) in [6, 6.07) is 4.31. The number of carbonyl (C=O) groups excluding carboxylic acids is 1. The monoisotopic (exact) mass is 252 g/mol. The van der Waals surface area contributed by atoms with Crippen molar-refractivity contribution in [3.05, 3.63) is 24.0 Å². The van der Waals surface area contributed by atoms with Crippen LogP contribution in [-0.2, 0) is 4.79 Å². The van der Waals surface area contributed by atoms with E-state index in [2.05, 4.69) is 5.32 Å². The Hall–Kier alpha value is -1.62. The van der Waals surface area contributed by atoms with Gasteiger partial charge in [0, 0.05) is 6.54 Å². The van der Waals surface area contributed by atoms with Crippen LogP contribution in [0.4, 0.5) is 15.8 Å². The van der Waals surface area contributed by atoms with E-state index in [9.17, 15) is 14.3 Å². The van der Waals surface area contributed by atoms with Gasteiger partial charge in [-0.1, -0.05) is 6.92 Å². The van der Waals surface area contributed by atoms with Crippen molar-refractivity contribution in [1.82, 2.24) is 0 Å². The van der Waals surface area contributed by atoms with Crippen molar-refractivity contribution in [3.63, 3.8) is 0 Å². The second-order valence-corrected chi connectivity index (χ2v) is 4.45. The van der Waals surface area contributed by atoms with E-state index in [1.807, 2.05) is 6.92 Å². The van der Waals surface area contributed by atoms with E-state index >= 15 is 0 Å². The van der Waals surface area contributed by atoms with E-state index in [1.165, 1.54) is 17.0 Å². The van der Waals surface area contributed by atoms with Gasteiger partial charge in [-0.3, -0.25) is 4.79 Å². The molecule has 1 saturated heterocycles. The van der Waals surface area contributed by atoms with Gasteiger partial charge in [0.15, 0.2) is 0 Å². The molecule has 0 radical (unpaired) electrons. The van der Waals surface area contributed by atoms with E-state index < -0.39 is 6.10 Å². The molecule has 0 aliphatic carbocycles. The summed E-state index contributed by atoms with van der Waals surface area (Å²) in [7, 11) is 0. The van der Waals surface area contributed by atoms with Crippen LogP contribution < -0.4 is 10.2 Å². The van der Waals surface area contributed by atoms with Gasteiger partial charge in [-0.2, -0.15) is 0 Å². The number of hydrogen-bond acceptors (Lipinski definition) is 3. The summed E-state index contributed by atoms with van der Waals surface area (Å²) in [5, 5.41) is 12.7. The predicted octanol–water partition coefficient (Wildman–Crippen LogP) is 1.75. The highest BCUT2D eigenvalue weighted by Gasteiger charge is 2.30. The largest absolute Gasteiger partial charge is 0.391 e. The highest BCUT2D eigenvalue weighted by Crippen LogP contribution is 2.30. The molecule has 0 aromatic heterocycles. The number of carbonyl (C=O) groups is 1. The molecule has 18 heavy (non-hydrogen) atoms. The fourth-order valence-corrected chi connectivity index (χ4v) is 2.06. The van der Waals surface area contributed by atoms with E-state index in [4.69, 9.17) is 0 Å². The van der Waals surface area contributed by atoms with Crippen LogP contribution in [0.25, 0.3) is 0 Å². The van der Waals surface area contributed by atoms with E-state index in [-0.39, 0.29) is 24.7 Å². The molecule has 1 heterocycles. The minimum Gasteiger partial charge on any atom is -0.391 e. The number of nitrogens with one attached hydrogen (secondary N) is 1.